The second-order valence-corrected chi connectivity index (χ2v) is 6.66. The van der Waals surface area contributed by atoms with Gasteiger partial charge in [0.2, 0.25) is 0 Å². The maximum atomic E-state index is 5.89. The third-order valence-electron chi connectivity index (χ3n) is 4.49. The summed E-state index contributed by atoms with van der Waals surface area (Å²) >= 11 is 3.59. The lowest BCUT2D eigenvalue weighted by molar-refractivity contribution is 0.0972. The summed E-state index contributed by atoms with van der Waals surface area (Å²) in [5, 5.41) is 3.66. The Hall–Kier alpha value is -0.580. The molecule has 4 rings (SSSR count). The maximum Gasteiger partial charge on any atom is 0.127 e. The Balaban J connectivity index is 1.48. The van der Waals surface area contributed by atoms with Crippen molar-refractivity contribution in [3.8, 4) is 5.75 Å². The molecule has 3 heterocycles. The number of ether oxygens (including phenoxy) is 2. The molecule has 3 aliphatic rings. The van der Waals surface area contributed by atoms with Gasteiger partial charge in [0.25, 0.3) is 0 Å². The molecular formula is C15H18BrNO2. The van der Waals surface area contributed by atoms with Gasteiger partial charge in [-0.1, -0.05) is 15.9 Å². The first kappa shape index (κ1) is 12.2. The van der Waals surface area contributed by atoms with E-state index in [2.05, 4.69) is 33.4 Å². The summed E-state index contributed by atoms with van der Waals surface area (Å²) in [7, 11) is 0. The van der Waals surface area contributed by atoms with Crippen LogP contribution < -0.4 is 10.1 Å². The number of nitrogens with one attached hydrogen (secondary N) is 1. The van der Waals surface area contributed by atoms with E-state index in [1.165, 1.54) is 30.4 Å². The van der Waals surface area contributed by atoms with E-state index in [1.54, 1.807) is 0 Å². The Bertz CT molecular complexity index is 505. The van der Waals surface area contributed by atoms with Gasteiger partial charge < -0.3 is 14.8 Å². The second-order valence-electron chi connectivity index (χ2n) is 5.75. The minimum atomic E-state index is 0.436. The van der Waals surface area contributed by atoms with Gasteiger partial charge in [0.05, 0.1) is 18.8 Å². The maximum absolute atomic E-state index is 5.89. The van der Waals surface area contributed by atoms with Crippen LogP contribution in [0.5, 0.6) is 5.75 Å². The molecule has 2 bridgehead atoms. The summed E-state index contributed by atoms with van der Waals surface area (Å²) < 4.78 is 12.8. The van der Waals surface area contributed by atoms with Crippen molar-refractivity contribution in [2.24, 2.45) is 0 Å². The van der Waals surface area contributed by atoms with Crippen molar-refractivity contribution < 1.29 is 9.47 Å². The van der Waals surface area contributed by atoms with E-state index in [-0.39, 0.29) is 0 Å². The molecular weight excluding hydrogens is 306 g/mol. The smallest absolute Gasteiger partial charge is 0.127 e. The Labute approximate surface area is 121 Å². The molecule has 1 aromatic rings. The molecule has 0 amide bonds. The number of halogens is 1. The van der Waals surface area contributed by atoms with Gasteiger partial charge in [-0.3, -0.25) is 0 Å². The minimum Gasteiger partial charge on any atom is -0.493 e. The summed E-state index contributed by atoms with van der Waals surface area (Å²) in [6.07, 6.45) is 5.60. The molecule has 1 aromatic carbocycles. The molecule has 0 saturated carbocycles. The highest BCUT2D eigenvalue weighted by Crippen LogP contribution is 2.36. The monoisotopic (exact) mass is 323 g/mol. The highest BCUT2D eigenvalue weighted by Gasteiger charge is 2.40. The molecule has 0 radical (unpaired) electrons. The fourth-order valence-electron chi connectivity index (χ4n) is 3.57. The largest absolute Gasteiger partial charge is 0.493 e. The van der Waals surface area contributed by atoms with E-state index < -0.39 is 0 Å². The van der Waals surface area contributed by atoms with Gasteiger partial charge in [-0.05, 0) is 37.0 Å². The van der Waals surface area contributed by atoms with Crippen molar-refractivity contribution in [2.75, 3.05) is 6.61 Å². The lowest BCUT2D eigenvalue weighted by atomic mass is 9.95. The molecule has 3 aliphatic heterocycles. The molecule has 3 nitrogen and oxygen atoms in total. The summed E-state index contributed by atoms with van der Waals surface area (Å²) in [5.41, 5.74) is 2.60. The standard InChI is InChI=1S/C15H18BrNO2/c16-11-5-9-3-4-18-15(9)10(6-11)8-17-13-7-12-1-2-14(13)19-12/h5-6,12-14,17H,1-4,7-8H2. The fourth-order valence-corrected chi connectivity index (χ4v) is 4.12. The van der Waals surface area contributed by atoms with Crippen LogP contribution in [-0.4, -0.2) is 24.9 Å². The van der Waals surface area contributed by atoms with Crippen LogP contribution in [0.4, 0.5) is 0 Å². The summed E-state index contributed by atoms with van der Waals surface area (Å²) in [6, 6.07) is 4.87. The van der Waals surface area contributed by atoms with Crippen molar-refractivity contribution in [2.45, 2.75) is 50.5 Å². The topological polar surface area (TPSA) is 30.5 Å². The number of rotatable bonds is 3. The molecule has 3 unspecified atom stereocenters. The van der Waals surface area contributed by atoms with Gasteiger partial charge >= 0.3 is 0 Å². The van der Waals surface area contributed by atoms with Crippen LogP contribution in [-0.2, 0) is 17.7 Å². The summed E-state index contributed by atoms with van der Waals surface area (Å²) in [5.74, 6) is 1.10. The van der Waals surface area contributed by atoms with Gasteiger partial charge in [0, 0.05) is 29.0 Å². The van der Waals surface area contributed by atoms with E-state index in [0.29, 0.717) is 18.2 Å². The predicted octanol–water partition coefficient (Wildman–Crippen LogP) is 2.79. The third kappa shape index (κ3) is 2.20. The van der Waals surface area contributed by atoms with Crippen LogP contribution in [0.3, 0.4) is 0 Å². The van der Waals surface area contributed by atoms with Crippen molar-refractivity contribution >= 4 is 15.9 Å². The molecule has 19 heavy (non-hydrogen) atoms. The number of benzene rings is 1. The number of fused-ring (bicyclic) bond motifs is 3. The van der Waals surface area contributed by atoms with Gasteiger partial charge in [0.15, 0.2) is 0 Å². The summed E-state index contributed by atoms with van der Waals surface area (Å²) in [4.78, 5) is 0. The highest BCUT2D eigenvalue weighted by molar-refractivity contribution is 9.10. The van der Waals surface area contributed by atoms with Crippen molar-refractivity contribution in [1.29, 1.82) is 0 Å². The average Bonchev–Trinajstić information content (AvgIpc) is 3.10. The molecule has 1 N–H and O–H groups in total. The van der Waals surface area contributed by atoms with Gasteiger partial charge in [0.1, 0.15) is 5.75 Å². The van der Waals surface area contributed by atoms with E-state index in [0.717, 1.165) is 29.8 Å². The van der Waals surface area contributed by atoms with Crippen molar-refractivity contribution in [3.05, 3.63) is 27.7 Å². The lowest BCUT2D eigenvalue weighted by Gasteiger charge is -2.20. The number of hydrogen-bond acceptors (Lipinski definition) is 3. The van der Waals surface area contributed by atoms with Crippen LogP contribution in [0, 0.1) is 0 Å². The van der Waals surface area contributed by atoms with Crippen LogP contribution in [0.2, 0.25) is 0 Å². The van der Waals surface area contributed by atoms with Crippen LogP contribution in [0.1, 0.15) is 30.4 Å². The molecule has 3 atom stereocenters. The molecule has 2 saturated heterocycles. The van der Waals surface area contributed by atoms with E-state index in [1.807, 2.05) is 0 Å². The Morgan fingerprint density at radius 3 is 3.05 bits per heavy atom. The van der Waals surface area contributed by atoms with E-state index in [9.17, 15) is 0 Å². The SMILES string of the molecule is Brc1cc2c(c(CNC3CC4CCC3O4)c1)OCC2. The van der Waals surface area contributed by atoms with Crippen LogP contribution in [0.15, 0.2) is 16.6 Å². The van der Waals surface area contributed by atoms with E-state index >= 15 is 0 Å². The molecule has 0 spiro atoms. The molecule has 0 aliphatic carbocycles. The normalized spacial score (nSPS) is 31.5. The molecule has 102 valence electrons. The molecule has 4 heteroatoms. The third-order valence-corrected chi connectivity index (χ3v) is 4.94. The van der Waals surface area contributed by atoms with Gasteiger partial charge in [-0.15, -0.1) is 0 Å². The van der Waals surface area contributed by atoms with Crippen molar-refractivity contribution in [3.63, 3.8) is 0 Å². The highest BCUT2D eigenvalue weighted by atomic mass is 79.9. The van der Waals surface area contributed by atoms with Gasteiger partial charge in [-0.2, -0.15) is 0 Å². The number of hydrogen-bond donors (Lipinski definition) is 1. The zero-order valence-electron chi connectivity index (χ0n) is 10.8. The van der Waals surface area contributed by atoms with Gasteiger partial charge in [-0.25, -0.2) is 0 Å². The average molecular weight is 324 g/mol. The van der Waals surface area contributed by atoms with Crippen LogP contribution >= 0.6 is 15.9 Å². The molecule has 2 fully saturated rings. The molecule has 0 aromatic heterocycles. The fraction of sp³-hybridized carbons (Fsp3) is 0.600. The minimum absolute atomic E-state index is 0.436. The van der Waals surface area contributed by atoms with Crippen molar-refractivity contribution in [1.82, 2.24) is 5.32 Å². The lowest BCUT2D eigenvalue weighted by Crippen LogP contribution is -2.37. The van der Waals surface area contributed by atoms with E-state index in [4.69, 9.17) is 9.47 Å². The first-order valence-electron chi connectivity index (χ1n) is 7.12. The second kappa shape index (κ2) is 4.76. The zero-order chi connectivity index (χ0) is 12.8. The predicted molar refractivity (Wildman–Crippen MR) is 76.5 cm³/mol. The Morgan fingerprint density at radius 2 is 2.26 bits per heavy atom. The first-order chi connectivity index (χ1) is 9.29. The quantitative estimate of drug-likeness (QED) is 0.927. The summed E-state index contributed by atoms with van der Waals surface area (Å²) in [6.45, 7) is 1.69. The Kier molecular flexibility index (Phi) is 3.05. The zero-order valence-corrected chi connectivity index (χ0v) is 12.4. The Morgan fingerprint density at radius 1 is 1.32 bits per heavy atom. The first-order valence-corrected chi connectivity index (χ1v) is 7.92. The van der Waals surface area contributed by atoms with Crippen LogP contribution in [0.25, 0.3) is 0 Å².